The maximum atomic E-state index is 14.5. The number of amides is 2. The van der Waals surface area contributed by atoms with Gasteiger partial charge in [0.1, 0.15) is 11.5 Å². The lowest BCUT2D eigenvalue weighted by molar-refractivity contribution is -0.133. The molecule has 0 aliphatic carbocycles. The van der Waals surface area contributed by atoms with E-state index in [2.05, 4.69) is 5.32 Å². The molecule has 0 saturated carbocycles. The third-order valence-electron chi connectivity index (χ3n) is 6.11. The molecule has 2 aromatic carbocycles. The maximum Gasteiger partial charge on any atom is 0.269 e. The van der Waals surface area contributed by atoms with E-state index in [9.17, 15) is 19.1 Å². The molecule has 7 heteroatoms. The fraction of sp³-hybridized carbons (Fsp3) is 0.296. The van der Waals surface area contributed by atoms with E-state index in [4.69, 9.17) is 4.98 Å². The monoisotopic (exact) mass is 461 g/mol. The predicted octanol–water partition coefficient (Wildman–Crippen LogP) is 4.48. The first-order chi connectivity index (χ1) is 16.5. The summed E-state index contributed by atoms with van der Waals surface area (Å²) in [6.07, 6.45) is 0.700. The van der Waals surface area contributed by atoms with Gasteiger partial charge in [-0.3, -0.25) is 9.59 Å². The zero-order valence-corrected chi connectivity index (χ0v) is 19.3. The summed E-state index contributed by atoms with van der Waals surface area (Å²) < 4.78 is 14.5. The molecule has 2 N–H and O–H groups in total. The first kappa shape index (κ1) is 23.6. The van der Waals surface area contributed by atoms with Crippen LogP contribution in [0.5, 0.6) is 0 Å². The summed E-state index contributed by atoms with van der Waals surface area (Å²) in [4.78, 5) is 31.9. The molecule has 0 spiro atoms. The van der Waals surface area contributed by atoms with E-state index in [0.717, 1.165) is 16.7 Å². The van der Waals surface area contributed by atoms with E-state index >= 15 is 0 Å². The van der Waals surface area contributed by atoms with Crippen LogP contribution >= 0.6 is 0 Å². The fourth-order valence-corrected chi connectivity index (χ4v) is 4.56. The van der Waals surface area contributed by atoms with Gasteiger partial charge < -0.3 is 15.3 Å². The number of rotatable bonds is 7. The predicted molar refractivity (Wildman–Crippen MR) is 128 cm³/mol. The summed E-state index contributed by atoms with van der Waals surface area (Å²) >= 11 is 0. The second-order valence-corrected chi connectivity index (χ2v) is 8.25. The van der Waals surface area contributed by atoms with Crippen molar-refractivity contribution < 1.29 is 19.1 Å². The molecule has 4 rings (SSSR count). The third-order valence-corrected chi connectivity index (χ3v) is 6.11. The highest BCUT2D eigenvalue weighted by molar-refractivity contribution is 5.94. The highest BCUT2D eigenvalue weighted by atomic mass is 19.1. The molecule has 1 atom stereocenters. The second-order valence-electron chi connectivity index (χ2n) is 8.25. The van der Waals surface area contributed by atoms with Gasteiger partial charge in [-0.25, -0.2) is 9.37 Å². The highest BCUT2D eigenvalue weighted by Gasteiger charge is 2.36. The van der Waals surface area contributed by atoms with E-state index in [0.29, 0.717) is 42.8 Å². The van der Waals surface area contributed by atoms with Gasteiger partial charge in [-0.05, 0) is 42.7 Å². The van der Waals surface area contributed by atoms with Crippen LogP contribution in [0.1, 0.15) is 54.3 Å². The van der Waals surface area contributed by atoms with Crippen molar-refractivity contribution in [1.29, 1.82) is 0 Å². The van der Waals surface area contributed by atoms with Gasteiger partial charge in [-0.1, -0.05) is 43.3 Å². The summed E-state index contributed by atoms with van der Waals surface area (Å²) in [5.74, 6) is -0.650. The van der Waals surface area contributed by atoms with E-state index in [1.165, 1.54) is 6.07 Å². The zero-order chi connectivity index (χ0) is 24.2. The number of nitrogens with one attached hydrogen (secondary N) is 1. The number of carbonyl (C=O) groups excluding carboxylic acids is 2. The summed E-state index contributed by atoms with van der Waals surface area (Å²) in [7, 11) is 0. The Hall–Kier alpha value is -3.58. The number of pyridine rings is 1. The molecule has 0 radical (unpaired) electrons. The van der Waals surface area contributed by atoms with Crippen LogP contribution in [0.25, 0.3) is 22.4 Å². The average Bonchev–Trinajstić information content (AvgIpc) is 3.22. The number of aromatic nitrogens is 1. The van der Waals surface area contributed by atoms with Crippen molar-refractivity contribution in [2.45, 2.75) is 39.3 Å². The van der Waals surface area contributed by atoms with Gasteiger partial charge in [0, 0.05) is 42.8 Å². The Labute approximate surface area is 198 Å². The number of hydrogen-bond donors (Lipinski definition) is 2. The minimum absolute atomic E-state index is 0.0275. The Morgan fingerprint density at radius 3 is 2.59 bits per heavy atom. The first-order valence-corrected chi connectivity index (χ1v) is 11.6. The lowest BCUT2D eigenvalue weighted by atomic mass is 9.93. The number of halogens is 1. The molecular weight excluding hydrogens is 433 g/mol. The molecule has 2 heterocycles. The van der Waals surface area contributed by atoms with Gasteiger partial charge in [0.2, 0.25) is 5.91 Å². The Balaban J connectivity index is 1.91. The van der Waals surface area contributed by atoms with Gasteiger partial charge in [-0.15, -0.1) is 0 Å². The molecular formula is C27H28FN3O3. The maximum absolute atomic E-state index is 14.5. The number of hydrogen-bond acceptors (Lipinski definition) is 4. The number of carbonyl (C=O) groups is 2. The van der Waals surface area contributed by atoms with E-state index < -0.39 is 0 Å². The van der Waals surface area contributed by atoms with E-state index in [1.807, 2.05) is 31.2 Å². The topological polar surface area (TPSA) is 82.5 Å². The van der Waals surface area contributed by atoms with Crippen molar-refractivity contribution in [3.05, 3.63) is 77.2 Å². The van der Waals surface area contributed by atoms with Crippen molar-refractivity contribution in [3.8, 4) is 22.4 Å². The van der Waals surface area contributed by atoms with Crippen molar-refractivity contribution in [3.63, 3.8) is 0 Å². The Kier molecular flexibility index (Phi) is 7.03. The smallest absolute Gasteiger partial charge is 0.269 e. The minimum atomic E-state index is -0.352. The second kappa shape index (κ2) is 10.1. The van der Waals surface area contributed by atoms with Crippen molar-refractivity contribution in [2.24, 2.45) is 0 Å². The average molecular weight is 462 g/mol. The minimum Gasteiger partial charge on any atom is -0.396 e. The SMILES string of the molecule is CCNC(=O)c1cc2c(c(-c3cccc(-c4ccccc4F)c3)n1)[C@H](CCO)N(C(=O)CC)C2. The lowest BCUT2D eigenvalue weighted by Gasteiger charge is -2.25. The fourth-order valence-electron chi connectivity index (χ4n) is 4.56. The van der Waals surface area contributed by atoms with Crippen LogP contribution in [-0.2, 0) is 11.3 Å². The molecule has 1 aliphatic heterocycles. The normalized spacial score (nSPS) is 14.7. The van der Waals surface area contributed by atoms with Gasteiger partial charge in [0.15, 0.2) is 0 Å². The Morgan fingerprint density at radius 1 is 1.12 bits per heavy atom. The van der Waals surface area contributed by atoms with Gasteiger partial charge in [-0.2, -0.15) is 0 Å². The number of nitrogens with zero attached hydrogens (tertiary/aromatic N) is 2. The van der Waals surface area contributed by atoms with Crippen LogP contribution < -0.4 is 5.32 Å². The van der Waals surface area contributed by atoms with Crippen LogP contribution in [0.3, 0.4) is 0 Å². The molecule has 34 heavy (non-hydrogen) atoms. The van der Waals surface area contributed by atoms with Crippen molar-refractivity contribution in [1.82, 2.24) is 15.2 Å². The molecule has 0 saturated heterocycles. The standard InChI is InChI=1S/C27H28FN3O3/c1-3-24(33)31-16-19-15-22(27(34)29-4-2)30-26(25(19)23(31)12-13-32)18-9-7-8-17(14-18)20-10-5-6-11-21(20)28/h5-11,14-15,23,32H,3-4,12-13,16H2,1-2H3,(H,29,34)/t23-/m0/s1. The Bertz CT molecular complexity index is 1230. The number of benzene rings is 2. The third kappa shape index (κ3) is 4.43. The molecule has 176 valence electrons. The highest BCUT2D eigenvalue weighted by Crippen LogP contribution is 2.42. The van der Waals surface area contributed by atoms with Crippen LogP contribution in [0.15, 0.2) is 54.6 Å². The quantitative estimate of drug-likeness (QED) is 0.544. The van der Waals surface area contributed by atoms with Crippen molar-refractivity contribution in [2.75, 3.05) is 13.2 Å². The Morgan fingerprint density at radius 2 is 1.88 bits per heavy atom. The molecule has 6 nitrogen and oxygen atoms in total. The number of fused-ring (bicyclic) bond motifs is 1. The van der Waals surface area contributed by atoms with Gasteiger partial charge in [0.25, 0.3) is 5.91 Å². The molecule has 0 bridgehead atoms. The molecule has 1 aliphatic rings. The van der Waals surface area contributed by atoms with Gasteiger partial charge in [0.05, 0.1) is 11.7 Å². The van der Waals surface area contributed by atoms with Crippen LogP contribution in [0, 0.1) is 5.82 Å². The molecule has 0 unspecified atom stereocenters. The number of aliphatic hydroxyl groups is 1. The summed E-state index contributed by atoms with van der Waals surface area (Å²) in [5, 5.41) is 12.5. The zero-order valence-electron chi connectivity index (χ0n) is 19.3. The van der Waals surface area contributed by atoms with E-state index in [-0.39, 0.29) is 36.0 Å². The van der Waals surface area contributed by atoms with Gasteiger partial charge >= 0.3 is 0 Å². The molecule has 0 fully saturated rings. The molecule has 2 amide bonds. The van der Waals surface area contributed by atoms with E-state index in [1.54, 1.807) is 36.1 Å². The van der Waals surface area contributed by atoms with Crippen LogP contribution in [0.4, 0.5) is 4.39 Å². The summed E-state index contributed by atoms with van der Waals surface area (Å²) in [6.45, 7) is 4.36. The molecule has 3 aromatic rings. The van der Waals surface area contributed by atoms with Crippen LogP contribution in [0.2, 0.25) is 0 Å². The molecule has 1 aromatic heterocycles. The lowest BCUT2D eigenvalue weighted by Crippen LogP contribution is -2.29. The largest absolute Gasteiger partial charge is 0.396 e. The first-order valence-electron chi connectivity index (χ1n) is 11.6. The summed E-state index contributed by atoms with van der Waals surface area (Å²) in [6, 6.07) is 15.3. The van der Waals surface area contributed by atoms with Crippen LogP contribution in [-0.4, -0.2) is 40.0 Å². The number of aliphatic hydroxyl groups excluding tert-OH is 1. The van der Waals surface area contributed by atoms with Crippen molar-refractivity contribution >= 4 is 11.8 Å². The summed E-state index contributed by atoms with van der Waals surface area (Å²) in [5.41, 5.74) is 4.37.